The van der Waals surface area contributed by atoms with Gasteiger partial charge in [0, 0.05) is 24.2 Å². The normalized spacial score (nSPS) is 24.3. The second-order valence-corrected chi connectivity index (χ2v) is 6.70. The van der Waals surface area contributed by atoms with Gasteiger partial charge in [0.2, 0.25) is 0 Å². The van der Waals surface area contributed by atoms with E-state index in [1.165, 1.54) is 25.7 Å². The molecule has 0 unspecified atom stereocenters. The van der Waals surface area contributed by atoms with Gasteiger partial charge in [-0.05, 0) is 31.6 Å². The highest BCUT2D eigenvalue weighted by Crippen LogP contribution is 2.36. The lowest BCUT2D eigenvalue weighted by molar-refractivity contribution is 0.0381. The average molecular weight is 310 g/mol. The van der Waals surface area contributed by atoms with Crippen molar-refractivity contribution in [3.05, 3.63) is 42.1 Å². The molecule has 4 heteroatoms. The largest absolute Gasteiger partial charge is 0.355 e. The molecule has 23 heavy (non-hydrogen) atoms. The quantitative estimate of drug-likeness (QED) is 0.837. The number of amides is 1. The van der Waals surface area contributed by atoms with Gasteiger partial charge < -0.3 is 9.42 Å². The Balaban J connectivity index is 1.56. The molecule has 4 rings (SSSR count). The number of benzene rings is 1. The van der Waals surface area contributed by atoms with Gasteiger partial charge in [-0.15, -0.1) is 0 Å². The molecule has 0 bridgehead atoms. The fourth-order valence-electron chi connectivity index (χ4n) is 4.14. The zero-order valence-corrected chi connectivity index (χ0v) is 13.3. The molecular weight excluding hydrogens is 288 g/mol. The van der Waals surface area contributed by atoms with Crippen LogP contribution >= 0.6 is 0 Å². The average Bonchev–Trinajstić information content (AvgIpc) is 3.11. The second-order valence-electron chi connectivity index (χ2n) is 6.70. The van der Waals surface area contributed by atoms with Crippen LogP contribution in [0.5, 0.6) is 0 Å². The molecule has 2 heterocycles. The van der Waals surface area contributed by atoms with Crippen molar-refractivity contribution >= 4 is 5.91 Å². The maximum absolute atomic E-state index is 12.9. The van der Waals surface area contributed by atoms with Crippen LogP contribution in [0.15, 0.2) is 40.9 Å². The Morgan fingerprint density at radius 2 is 1.87 bits per heavy atom. The number of nitrogens with zero attached hydrogens (tertiary/aromatic N) is 2. The van der Waals surface area contributed by atoms with Crippen LogP contribution in [0.25, 0.3) is 11.3 Å². The highest BCUT2D eigenvalue weighted by Gasteiger charge is 2.36. The number of hydrogen-bond acceptors (Lipinski definition) is 3. The first-order valence-corrected chi connectivity index (χ1v) is 8.66. The first-order chi connectivity index (χ1) is 11.3. The van der Waals surface area contributed by atoms with Crippen LogP contribution in [-0.2, 0) is 0 Å². The minimum atomic E-state index is 0.0348. The third-order valence-electron chi connectivity index (χ3n) is 5.29. The number of fused-ring (bicyclic) bond motifs is 1. The van der Waals surface area contributed by atoms with Crippen molar-refractivity contribution in [1.29, 1.82) is 0 Å². The smallest absolute Gasteiger partial charge is 0.276 e. The molecule has 1 saturated heterocycles. The van der Waals surface area contributed by atoms with Gasteiger partial charge in [-0.25, -0.2) is 0 Å². The van der Waals surface area contributed by atoms with Crippen LogP contribution in [0.4, 0.5) is 0 Å². The minimum Gasteiger partial charge on any atom is -0.355 e. The molecule has 2 atom stereocenters. The van der Waals surface area contributed by atoms with E-state index in [1.807, 2.05) is 30.3 Å². The zero-order valence-electron chi connectivity index (χ0n) is 13.3. The van der Waals surface area contributed by atoms with Gasteiger partial charge in [-0.2, -0.15) is 0 Å². The molecule has 0 radical (unpaired) electrons. The second kappa shape index (κ2) is 6.19. The summed E-state index contributed by atoms with van der Waals surface area (Å²) in [5.41, 5.74) is 1.39. The van der Waals surface area contributed by atoms with Crippen LogP contribution in [0.3, 0.4) is 0 Å². The molecule has 1 aromatic heterocycles. The fraction of sp³-hybridized carbons (Fsp3) is 0.474. The van der Waals surface area contributed by atoms with Crippen LogP contribution in [-0.4, -0.2) is 28.6 Å². The molecule has 0 N–H and O–H groups in total. The first kappa shape index (κ1) is 14.5. The summed E-state index contributed by atoms with van der Waals surface area (Å²) in [6.45, 7) is 0.855. The molecule has 1 aliphatic heterocycles. The fourth-order valence-corrected chi connectivity index (χ4v) is 4.14. The van der Waals surface area contributed by atoms with Crippen molar-refractivity contribution in [2.24, 2.45) is 5.92 Å². The number of carbonyl (C=O) groups excluding carboxylic acids is 1. The maximum Gasteiger partial charge on any atom is 0.276 e. The zero-order chi connectivity index (χ0) is 15.6. The molecule has 1 aromatic carbocycles. The summed E-state index contributed by atoms with van der Waals surface area (Å²) >= 11 is 0. The standard InChI is InChI=1S/C19H22N2O2/c22-19(21-12-6-10-14-7-4-5-11-17(14)21)16-13-18(23-20-16)15-8-2-1-3-9-15/h1-3,8-9,13-14,17H,4-7,10-12H2/t14-,17-/m0/s1. The van der Waals surface area contributed by atoms with E-state index < -0.39 is 0 Å². The lowest BCUT2D eigenvalue weighted by Gasteiger charge is -2.43. The highest BCUT2D eigenvalue weighted by atomic mass is 16.5. The Labute approximate surface area is 136 Å². The number of rotatable bonds is 2. The van der Waals surface area contributed by atoms with E-state index in [1.54, 1.807) is 6.07 Å². The summed E-state index contributed by atoms with van der Waals surface area (Å²) in [6.07, 6.45) is 7.32. The van der Waals surface area contributed by atoms with E-state index in [0.717, 1.165) is 24.9 Å². The van der Waals surface area contributed by atoms with Gasteiger partial charge in [-0.1, -0.05) is 48.3 Å². The van der Waals surface area contributed by atoms with Gasteiger partial charge in [0.05, 0.1) is 0 Å². The lowest BCUT2D eigenvalue weighted by Crippen LogP contribution is -2.49. The van der Waals surface area contributed by atoms with Crippen molar-refractivity contribution in [3.8, 4) is 11.3 Å². The Hall–Kier alpha value is -2.10. The Bertz CT molecular complexity index is 678. The molecule has 1 saturated carbocycles. The van der Waals surface area contributed by atoms with Crippen molar-refractivity contribution < 1.29 is 9.32 Å². The van der Waals surface area contributed by atoms with Crippen LogP contribution < -0.4 is 0 Å². The van der Waals surface area contributed by atoms with Crippen molar-refractivity contribution in [2.45, 2.75) is 44.6 Å². The molecule has 1 aliphatic carbocycles. The molecule has 1 amide bonds. The molecule has 4 nitrogen and oxygen atoms in total. The predicted molar refractivity (Wildman–Crippen MR) is 88.0 cm³/mol. The summed E-state index contributed by atoms with van der Waals surface area (Å²) in [5.74, 6) is 1.38. The summed E-state index contributed by atoms with van der Waals surface area (Å²) in [4.78, 5) is 15.0. The molecule has 2 aromatic rings. The van der Waals surface area contributed by atoms with Gasteiger partial charge in [0.15, 0.2) is 11.5 Å². The van der Waals surface area contributed by atoms with E-state index >= 15 is 0 Å². The maximum atomic E-state index is 12.9. The van der Waals surface area contributed by atoms with Crippen LogP contribution in [0.2, 0.25) is 0 Å². The van der Waals surface area contributed by atoms with E-state index in [4.69, 9.17) is 4.52 Å². The summed E-state index contributed by atoms with van der Waals surface area (Å²) < 4.78 is 5.40. The van der Waals surface area contributed by atoms with Crippen LogP contribution in [0.1, 0.15) is 49.0 Å². The Morgan fingerprint density at radius 1 is 1.09 bits per heavy atom. The summed E-state index contributed by atoms with van der Waals surface area (Å²) in [5, 5.41) is 4.04. The van der Waals surface area contributed by atoms with E-state index in [0.29, 0.717) is 23.4 Å². The third-order valence-corrected chi connectivity index (χ3v) is 5.29. The topological polar surface area (TPSA) is 46.3 Å². The number of hydrogen-bond donors (Lipinski definition) is 0. The van der Waals surface area contributed by atoms with Gasteiger partial charge >= 0.3 is 0 Å². The Kier molecular flexibility index (Phi) is 3.90. The molecule has 0 spiro atoms. The summed E-state index contributed by atoms with van der Waals surface area (Å²) in [7, 11) is 0. The Morgan fingerprint density at radius 3 is 2.74 bits per heavy atom. The van der Waals surface area contributed by atoms with Gasteiger partial charge in [-0.3, -0.25) is 4.79 Å². The predicted octanol–water partition coefficient (Wildman–Crippen LogP) is 4.14. The van der Waals surface area contributed by atoms with E-state index in [9.17, 15) is 4.79 Å². The van der Waals surface area contributed by atoms with Crippen molar-refractivity contribution in [1.82, 2.24) is 10.1 Å². The minimum absolute atomic E-state index is 0.0348. The van der Waals surface area contributed by atoms with E-state index in [-0.39, 0.29) is 5.91 Å². The lowest BCUT2D eigenvalue weighted by atomic mass is 9.78. The first-order valence-electron chi connectivity index (χ1n) is 8.66. The third kappa shape index (κ3) is 2.78. The van der Waals surface area contributed by atoms with Crippen LogP contribution in [0, 0.1) is 5.92 Å². The van der Waals surface area contributed by atoms with E-state index in [2.05, 4.69) is 10.1 Å². The number of piperidine rings is 1. The number of carbonyl (C=O) groups is 1. The SMILES string of the molecule is O=C(c1cc(-c2ccccc2)on1)N1CCC[C@@H]2CCCC[C@@H]21. The molecular formula is C19H22N2O2. The summed E-state index contributed by atoms with van der Waals surface area (Å²) in [6, 6.07) is 12.0. The van der Waals surface area contributed by atoms with Gasteiger partial charge in [0.25, 0.3) is 5.91 Å². The highest BCUT2D eigenvalue weighted by molar-refractivity contribution is 5.93. The molecule has 2 fully saturated rings. The molecule has 120 valence electrons. The van der Waals surface area contributed by atoms with Crippen molar-refractivity contribution in [3.63, 3.8) is 0 Å². The number of likely N-dealkylation sites (tertiary alicyclic amines) is 1. The molecule has 2 aliphatic rings. The monoisotopic (exact) mass is 310 g/mol. The van der Waals surface area contributed by atoms with Crippen molar-refractivity contribution in [2.75, 3.05) is 6.54 Å². The number of aromatic nitrogens is 1. The van der Waals surface area contributed by atoms with Gasteiger partial charge in [0.1, 0.15) is 0 Å².